The van der Waals surface area contributed by atoms with Gasteiger partial charge in [-0.25, -0.2) is 0 Å². The molecule has 2 rings (SSSR count). The van der Waals surface area contributed by atoms with Crippen LogP contribution in [-0.4, -0.2) is 10.8 Å². The van der Waals surface area contributed by atoms with E-state index in [0.29, 0.717) is 11.3 Å². The van der Waals surface area contributed by atoms with E-state index in [9.17, 15) is 14.9 Å². The van der Waals surface area contributed by atoms with Crippen LogP contribution in [0, 0.1) is 17.0 Å². The number of aryl methyl sites for hydroxylation is 1. The van der Waals surface area contributed by atoms with Gasteiger partial charge in [0, 0.05) is 28.2 Å². The maximum absolute atomic E-state index is 12.1. The van der Waals surface area contributed by atoms with Gasteiger partial charge in [-0.1, -0.05) is 34.1 Å². The molecule has 2 aromatic rings. The van der Waals surface area contributed by atoms with E-state index in [4.69, 9.17) is 0 Å². The number of benzene rings is 2. The van der Waals surface area contributed by atoms with Crippen molar-refractivity contribution in [2.45, 2.75) is 12.3 Å². The summed E-state index contributed by atoms with van der Waals surface area (Å²) in [6.45, 7) is 1.64. The second kappa shape index (κ2) is 6.49. The van der Waals surface area contributed by atoms with Crippen LogP contribution < -0.4 is 5.32 Å². The molecule has 1 N–H and O–H groups in total. The van der Waals surface area contributed by atoms with Crippen LogP contribution in [0.5, 0.6) is 0 Å². The highest BCUT2D eigenvalue weighted by molar-refractivity contribution is 9.08. The van der Waals surface area contributed by atoms with Gasteiger partial charge < -0.3 is 5.32 Å². The van der Waals surface area contributed by atoms with Crippen LogP contribution in [0.1, 0.15) is 21.5 Å². The summed E-state index contributed by atoms with van der Waals surface area (Å²) in [5.41, 5.74) is 2.47. The van der Waals surface area contributed by atoms with Crippen molar-refractivity contribution in [3.63, 3.8) is 0 Å². The number of halogens is 1. The van der Waals surface area contributed by atoms with Crippen molar-refractivity contribution in [1.82, 2.24) is 0 Å². The predicted molar refractivity (Wildman–Crippen MR) is 84.9 cm³/mol. The van der Waals surface area contributed by atoms with E-state index in [2.05, 4.69) is 21.2 Å². The Kier molecular flexibility index (Phi) is 4.70. The van der Waals surface area contributed by atoms with Gasteiger partial charge in [-0.3, -0.25) is 14.9 Å². The Morgan fingerprint density at radius 2 is 1.90 bits per heavy atom. The zero-order chi connectivity index (χ0) is 15.4. The van der Waals surface area contributed by atoms with E-state index in [1.54, 1.807) is 31.2 Å². The number of carbonyl (C=O) groups is 1. The first kappa shape index (κ1) is 15.2. The molecule has 0 aliphatic heterocycles. The van der Waals surface area contributed by atoms with Gasteiger partial charge in [-0.2, -0.15) is 0 Å². The lowest BCUT2D eigenvalue weighted by atomic mass is 10.1. The number of rotatable bonds is 4. The molecule has 0 spiro atoms. The summed E-state index contributed by atoms with van der Waals surface area (Å²) in [5, 5.41) is 14.4. The van der Waals surface area contributed by atoms with Gasteiger partial charge >= 0.3 is 0 Å². The van der Waals surface area contributed by atoms with Crippen LogP contribution in [0.4, 0.5) is 11.4 Å². The fourth-order valence-electron chi connectivity index (χ4n) is 1.83. The molecule has 2 aromatic carbocycles. The van der Waals surface area contributed by atoms with Crippen molar-refractivity contribution < 1.29 is 9.72 Å². The Hall–Kier alpha value is -2.21. The fraction of sp³-hybridized carbons (Fsp3) is 0.133. The Bertz CT molecular complexity index is 684. The first-order valence-corrected chi connectivity index (χ1v) is 7.34. The Balaban J connectivity index is 2.19. The third kappa shape index (κ3) is 3.66. The summed E-state index contributed by atoms with van der Waals surface area (Å²) in [7, 11) is 0. The third-order valence-corrected chi connectivity index (χ3v) is 3.68. The van der Waals surface area contributed by atoms with Crippen molar-refractivity contribution >= 4 is 33.2 Å². The molecule has 0 fully saturated rings. The molecule has 0 saturated carbocycles. The van der Waals surface area contributed by atoms with E-state index in [-0.39, 0.29) is 17.2 Å². The lowest BCUT2D eigenvalue weighted by Gasteiger charge is -2.06. The quantitative estimate of drug-likeness (QED) is 0.514. The highest BCUT2D eigenvalue weighted by Gasteiger charge is 2.15. The molecule has 0 radical (unpaired) electrons. The molecule has 0 unspecified atom stereocenters. The second-order valence-electron chi connectivity index (χ2n) is 4.54. The van der Waals surface area contributed by atoms with Gasteiger partial charge in [0.2, 0.25) is 0 Å². The minimum absolute atomic E-state index is 0.0581. The third-order valence-electron chi connectivity index (χ3n) is 3.03. The van der Waals surface area contributed by atoms with E-state index in [1.165, 1.54) is 6.07 Å². The van der Waals surface area contributed by atoms with E-state index in [0.717, 1.165) is 10.9 Å². The molecule has 6 heteroatoms. The normalized spacial score (nSPS) is 10.2. The molecule has 0 bridgehead atoms. The monoisotopic (exact) mass is 348 g/mol. The number of alkyl halides is 1. The smallest absolute Gasteiger partial charge is 0.273 e. The summed E-state index contributed by atoms with van der Waals surface area (Å²) in [5.74, 6) is -0.371. The maximum Gasteiger partial charge on any atom is 0.273 e. The SMILES string of the molecule is Cc1ccc(C(=O)Nc2ccc(CBr)cc2)cc1[N+](=O)[O-]. The molecule has 108 valence electrons. The van der Waals surface area contributed by atoms with E-state index < -0.39 is 4.92 Å². The summed E-state index contributed by atoms with van der Waals surface area (Å²) >= 11 is 3.35. The number of anilines is 1. The van der Waals surface area contributed by atoms with Crippen LogP contribution in [-0.2, 0) is 5.33 Å². The first-order valence-electron chi connectivity index (χ1n) is 6.22. The summed E-state index contributed by atoms with van der Waals surface area (Å²) in [6.07, 6.45) is 0. The first-order chi connectivity index (χ1) is 10.0. The molecule has 0 atom stereocenters. The number of hydrogen-bond acceptors (Lipinski definition) is 3. The summed E-state index contributed by atoms with van der Waals surface area (Å²) < 4.78 is 0. The standard InChI is InChI=1S/C15H13BrN2O3/c1-10-2-5-12(8-14(10)18(20)21)15(19)17-13-6-3-11(9-16)4-7-13/h2-8H,9H2,1H3,(H,17,19). The minimum Gasteiger partial charge on any atom is -0.322 e. The van der Waals surface area contributed by atoms with Crippen molar-refractivity contribution in [3.8, 4) is 0 Å². The van der Waals surface area contributed by atoms with Gasteiger partial charge in [0.25, 0.3) is 11.6 Å². The number of nitrogens with one attached hydrogen (secondary N) is 1. The van der Waals surface area contributed by atoms with Gasteiger partial charge in [0.15, 0.2) is 0 Å². The zero-order valence-electron chi connectivity index (χ0n) is 11.3. The molecule has 5 nitrogen and oxygen atoms in total. The average Bonchev–Trinajstić information content (AvgIpc) is 2.48. The molecule has 0 aliphatic carbocycles. The highest BCUT2D eigenvalue weighted by atomic mass is 79.9. The average molecular weight is 349 g/mol. The molecule has 0 aromatic heterocycles. The van der Waals surface area contributed by atoms with Gasteiger partial charge in [-0.15, -0.1) is 0 Å². The topological polar surface area (TPSA) is 72.2 Å². The second-order valence-corrected chi connectivity index (χ2v) is 5.10. The lowest BCUT2D eigenvalue weighted by molar-refractivity contribution is -0.385. The van der Waals surface area contributed by atoms with Crippen LogP contribution in [0.3, 0.4) is 0 Å². The molecular formula is C15H13BrN2O3. The minimum atomic E-state index is -0.489. The van der Waals surface area contributed by atoms with Gasteiger partial charge in [0.05, 0.1) is 4.92 Å². The zero-order valence-corrected chi connectivity index (χ0v) is 12.9. The predicted octanol–water partition coefficient (Wildman–Crippen LogP) is 4.05. The fourth-order valence-corrected chi connectivity index (χ4v) is 2.20. The van der Waals surface area contributed by atoms with Gasteiger partial charge in [-0.05, 0) is 30.7 Å². The summed E-state index contributed by atoms with van der Waals surface area (Å²) in [4.78, 5) is 22.5. The van der Waals surface area contributed by atoms with Crippen LogP contribution >= 0.6 is 15.9 Å². The van der Waals surface area contributed by atoms with Crippen LogP contribution in [0.15, 0.2) is 42.5 Å². The van der Waals surface area contributed by atoms with Crippen molar-refractivity contribution in [1.29, 1.82) is 0 Å². The number of amides is 1. The van der Waals surface area contributed by atoms with Crippen molar-refractivity contribution in [2.75, 3.05) is 5.32 Å². The molecule has 0 heterocycles. The Morgan fingerprint density at radius 1 is 1.24 bits per heavy atom. The number of nitro benzene ring substituents is 1. The molecule has 0 saturated heterocycles. The van der Waals surface area contributed by atoms with E-state index in [1.807, 2.05) is 12.1 Å². The maximum atomic E-state index is 12.1. The highest BCUT2D eigenvalue weighted by Crippen LogP contribution is 2.20. The molecule has 0 aliphatic rings. The number of nitrogens with zero attached hydrogens (tertiary/aromatic N) is 1. The summed E-state index contributed by atoms with van der Waals surface area (Å²) in [6, 6.07) is 11.8. The van der Waals surface area contributed by atoms with Crippen LogP contribution in [0.25, 0.3) is 0 Å². The van der Waals surface area contributed by atoms with Gasteiger partial charge in [0.1, 0.15) is 0 Å². The lowest BCUT2D eigenvalue weighted by Crippen LogP contribution is -2.12. The van der Waals surface area contributed by atoms with Crippen molar-refractivity contribution in [2.24, 2.45) is 0 Å². The Labute approximate surface area is 130 Å². The molecule has 1 amide bonds. The van der Waals surface area contributed by atoms with Crippen molar-refractivity contribution in [3.05, 3.63) is 69.3 Å². The Morgan fingerprint density at radius 3 is 2.48 bits per heavy atom. The van der Waals surface area contributed by atoms with Crippen LogP contribution in [0.2, 0.25) is 0 Å². The van der Waals surface area contributed by atoms with E-state index >= 15 is 0 Å². The number of nitro groups is 1. The molecule has 21 heavy (non-hydrogen) atoms. The molecular weight excluding hydrogens is 336 g/mol. The number of carbonyl (C=O) groups excluding carboxylic acids is 1. The number of hydrogen-bond donors (Lipinski definition) is 1. The largest absolute Gasteiger partial charge is 0.322 e.